The smallest absolute Gasteiger partial charge is 0.245 e. The van der Waals surface area contributed by atoms with Gasteiger partial charge in [0.05, 0.1) is 12.5 Å². The average molecular weight is 392 g/mol. The Kier molecular flexibility index (Phi) is 5.95. The second kappa shape index (κ2) is 8.78. The van der Waals surface area contributed by atoms with E-state index in [1.165, 1.54) is 12.8 Å². The molecule has 2 amide bonds. The number of hydrogen-bond acceptors (Lipinski definition) is 3. The molecule has 0 spiro atoms. The van der Waals surface area contributed by atoms with Gasteiger partial charge in [0.25, 0.3) is 0 Å². The number of rotatable bonds is 7. The Morgan fingerprint density at radius 2 is 1.52 bits per heavy atom. The lowest BCUT2D eigenvalue weighted by molar-refractivity contribution is -0.130. The zero-order valence-corrected chi connectivity index (χ0v) is 16.5. The Bertz CT molecular complexity index is 800. The third-order valence-corrected chi connectivity index (χ3v) is 6.41. The Balaban J connectivity index is 1.47. The highest BCUT2D eigenvalue weighted by Crippen LogP contribution is 2.44. The highest BCUT2D eigenvalue weighted by Gasteiger charge is 2.41. The van der Waals surface area contributed by atoms with E-state index < -0.39 is 18.6 Å². The second-order valence-electron chi connectivity index (χ2n) is 8.29. The van der Waals surface area contributed by atoms with Crippen molar-refractivity contribution in [1.82, 2.24) is 10.6 Å². The van der Waals surface area contributed by atoms with Crippen molar-refractivity contribution in [3.63, 3.8) is 0 Å². The lowest BCUT2D eigenvalue weighted by Gasteiger charge is -2.26. The van der Waals surface area contributed by atoms with Gasteiger partial charge in [0.1, 0.15) is 6.04 Å². The van der Waals surface area contributed by atoms with E-state index in [1.54, 1.807) is 0 Å². The predicted molar refractivity (Wildman–Crippen MR) is 111 cm³/mol. The Morgan fingerprint density at radius 3 is 2.00 bits per heavy atom. The number of aliphatic hydroxyl groups is 1. The number of hydrogen-bond donors (Lipinski definition) is 3. The van der Waals surface area contributed by atoms with Crippen LogP contribution < -0.4 is 10.6 Å². The first-order valence-corrected chi connectivity index (χ1v) is 10.5. The highest BCUT2D eigenvalue weighted by atomic mass is 16.3. The van der Waals surface area contributed by atoms with Crippen LogP contribution in [-0.2, 0) is 9.59 Å². The molecule has 5 heteroatoms. The van der Waals surface area contributed by atoms with Crippen molar-refractivity contribution in [2.24, 2.45) is 11.8 Å². The number of carbonyl (C=O) groups is 2. The average Bonchev–Trinajstić information content (AvgIpc) is 3.37. The minimum absolute atomic E-state index is 0.172. The molecule has 2 bridgehead atoms. The van der Waals surface area contributed by atoms with Gasteiger partial charge in [-0.25, -0.2) is 0 Å². The van der Waals surface area contributed by atoms with Crippen LogP contribution in [0, 0.1) is 11.8 Å². The number of carbonyl (C=O) groups excluding carboxylic acids is 2. The van der Waals surface area contributed by atoms with Crippen LogP contribution in [0.25, 0.3) is 0 Å². The fourth-order valence-corrected chi connectivity index (χ4v) is 4.94. The molecule has 0 radical (unpaired) electrons. The van der Waals surface area contributed by atoms with Crippen LogP contribution in [0.2, 0.25) is 0 Å². The zero-order chi connectivity index (χ0) is 20.2. The van der Waals surface area contributed by atoms with Gasteiger partial charge < -0.3 is 15.7 Å². The maximum Gasteiger partial charge on any atom is 0.245 e. The molecular weight excluding hydrogens is 364 g/mol. The predicted octanol–water partition coefficient (Wildman–Crippen LogP) is 2.60. The molecule has 2 fully saturated rings. The largest absolute Gasteiger partial charge is 0.394 e. The van der Waals surface area contributed by atoms with Crippen LogP contribution in [0.15, 0.2) is 60.7 Å². The monoisotopic (exact) mass is 392 g/mol. The van der Waals surface area contributed by atoms with Crippen molar-refractivity contribution in [2.45, 2.75) is 43.7 Å². The molecule has 152 valence electrons. The molecule has 2 aliphatic rings. The number of nitrogens with one attached hydrogen (secondary N) is 2. The van der Waals surface area contributed by atoms with Crippen molar-refractivity contribution < 1.29 is 14.7 Å². The fraction of sp³-hybridized carbons (Fsp3) is 0.417. The first-order chi connectivity index (χ1) is 14.2. The Morgan fingerprint density at radius 1 is 0.897 bits per heavy atom. The Hall–Kier alpha value is -2.66. The lowest BCUT2D eigenvalue weighted by Crippen LogP contribution is -2.53. The van der Waals surface area contributed by atoms with E-state index in [2.05, 4.69) is 10.6 Å². The van der Waals surface area contributed by atoms with Gasteiger partial charge in [-0.1, -0.05) is 67.1 Å². The van der Waals surface area contributed by atoms with Crippen LogP contribution in [0.3, 0.4) is 0 Å². The van der Waals surface area contributed by atoms with Crippen molar-refractivity contribution >= 4 is 11.8 Å². The standard InChI is InChI=1S/C24H28N2O3/c27-15-21(23(28)25-20-14-16-11-12-19(20)13-16)26-24(29)22(17-7-3-1-4-8-17)18-9-5-2-6-10-18/h1-10,16,19-22,27H,11-15H2,(H,25,28)(H,26,29). The van der Waals surface area contributed by atoms with E-state index in [1.807, 2.05) is 60.7 Å². The highest BCUT2D eigenvalue weighted by molar-refractivity contribution is 5.92. The Labute approximate surface area is 171 Å². The molecular formula is C24H28N2O3. The summed E-state index contributed by atoms with van der Waals surface area (Å²) >= 11 is 0. The summed E-state index contributed by atoms with van der Waals surface area (Å²) in [6, 6.07) is 18.2. The summed E-state index contributed by atoms with van der Waals surface area (Å²) in [5.41, 5.74) is 1.70. The van der Waals surface area contributed by atoms with E-state index in [4.69, 9.17) is 0 Å². The summed E-state index contributed by atoms with van der Waals surface area (Å²) in [4.78, 5) is 25.9. The van der Waals surface area contributed by atoms with Crippen LogP contribution in [0.5, 0.6) is 0 Å². The minimum Gasteiger partial charge on any atom is -0.394 e. The molecule has 0 aromatic heterocycles. The van der Waals surface area contributed by atoms with Gasteiger partial charge in [-0.05, 0) is 42.2 Å². The van der Waals surface area contributed by atoms with E-state index in [9.17, 15) is 14.7 Å². The van der Waals surface area contributed by atoms with E-state index in [-0.39, 0.29) is 17.9 Å². The molecule has 4 atom stereocenters. The molecule has 5 nitrogen and oxygen atoms in total. The molecule has 2 aliphatic carbocycles. The van der Waals surface area contributed by atoms with Crippen molar-refractivity contribution in [1.29, 1.82) is 0 Å². The molecule has 2 aromatic rings. The quantitative estimate of drug-likeness (QED) is 0.678. The van der Waals surface area contributed by atoms with Crippen LogP contribution in [0.1, 0.15) is 42.7 Å². The third kappa shape index (κ3) is 4.35. The summed E-state index contributed by atoms with van der Waals surface area (Å²) < 4.78 is 0. The van der Waals surface area contributed by atoms with Crippen LogP contribution in [0.4, 0.5) is 0 Å². The molecule has 29 heavy (non-hydrogen) atoms. The van der Waals surface area contributed by atoms with Gasteiger partial charge in [-0.2, -0.15) is 0 Å². The number of fused-ring (bicyclic) bond motifs is 2. The minimum atomic E-state index is -0.948. The zero-order valence-electron chi connectivity index (χ0n) is 16.5. The molecule has 4 unspecified atom stereocenters. The van der Waals surface area contributed by atoms with Crippen molar-refractivity contribution in [3.05, 3.63) is 71.8 Å². The third-order valence-electron chi connectivity index (χ3n) is 6.41. The molecule has 0 aliphatic heterocycles. The van der Waals surface area contributed by atoms with E-state index in [0.29, 0.717) is 11.8 Å². The molecule has 3 N–H and O–H groups in total. The molecule has 0 saturated heterocycles. The second-order valence-corrected chi connectivity index (χ2v) is 8.29. The summed E-state index contributed by atoms with van der Waals surface area (Å²) in [6.07, 6.45) is 4.62. The number of aliphatic hydroxyl groups excluding tert-OH is 1. The molecule has 2 saturated carbocycles. The molecule has 2 aromatic carbocycles. The first-order valence-electron chi connectivity index (χ1n) is 10.5. The SMILES string of the molecule is O=C(NC1CC2CCC1C2)C(CO)NC(=O)C(c1ccccc1)c1ccccc1. The molecule has 0 heterocycles. The van der Waals surface area contributed by atoms with Crippen LogP contribution >= 0.6 is 0 Å². The van der Waals surface area contributed by atoms with E-state index >= 15 is 0 Å². The molecule has 4 rings (SSSR count). The van der Waals surface area contributed by atoms with Crippen molar-refractivity contribution in [3.8, 4) is 0 Å². The van der Waals surface area contributed by atoms with Gasteiger partial charge in [-0.15, -0.1) is 0 Å². The summed E-state index contributed by atoms with van der Waals surface area (Å²) in [7, 11) is 0. The van der Waals surface area contributed by atoms with Crippen LogP contribution in [-0.4, -0.2) is 35.6 Å². The summed E-state index contributed by atoms with van der Waals surface area (Å²) in [5, 5.41) is 15.7. The number of benzene rings is 2. The topological polar surface area (TPSA) is 78.4 Å². The van der Waals surface area contributed by atoms with Gasteiger partial charge >= 0.3 is 0 Å². The van der Waals surface area contributed by atoms with Gasteiger partial charge in [-0.3, -0.25) is 9.59 Å². The van der Waals surface area contributed by atoms with Gasteiger partial charge in [0.15, 0.2) is 0 Å². The normalized spacial score (nSPS) is 23.7. The van der Waals surface area contributed by atoms with Gasteiger partial charge in [0, 0.05) is 6.04 Å². The summed E-state index contributed by atoms with van der Waals surface area (Å²) in [5.74, 6) is 0.137. The first kappa shape index (κ1) is 19.6. The fourth-order valence-electron chi connectivity index (χ4n) is 4.94. The lowest BCUT2D eigenvalue weighted by atomic mass is 9.90. The van der Waals surface area contributed by atoms with Crippen molar-refractivity contribution in [2.75, 3.05) is 6.61 Å². The maximum atomic E-state index is 13.2. The summed E-state index contributed by atoms with van der Waals surface area (Å²) in [6.45, 7) is -0.422. The van der Waals surface area contributed by atoms with Gasteiger partial charge in [0.2, 0.25) is 11.8 Å². The van der Waals surface area contributed by atoms with E-state index in [0.717, 1.165) is 24.0 Å². The number of amides is 2. The maximum absolute atomic E-state index is 13.2.